The maximum Gasteiger partial charge on any atom is 0.433 e. The van der Waals surface area contributed by atoms with Gasteiger partial charge in [-0.25, -0.2) is 4.98 Å². The normalized spacial score (nSPS) is 23.6. The van der Waals surface area contributed by atoms with Crippen LogP contribution in [0.5, 0.6) is 0 Å². The molecular formula is C23H24F3N3O. The maximum absolute atomic E-state index is 12.7. The highest BCUT2D eigenvalue weighted by molar-refractivity contribution is 5.50. The van der Waals surface area contributed by atoms with E-state index in [0.717, 1.165) is 61.4 Å². The van der Waals surface area contributed by atoms with Crippen LogP contribution in [0.3, 0.4) is 0 Å². The second-order valence-electron chi connectivity index (χ2n) is 8.67. The van der Waals surface area contributed by atoms with Crippen molar-refractivity contribution in [1.29, 1.82) is 0 Å². The molecule has 0 amide bonds. The molecule has 2 fully saturated rings. The van der Waals surface area contributed by atoms with Gasteiger partial charge >= 0.3 is 6.18 Å². The lowest BCUT2D eigenvalue weighted by atomic mass is 9.76. The highest BCUT2D eigenvalue weighted by Gasteiger charge is 2.35. The number of aliphatic hydroxyl groups is 1. The largest absolute Gasteiger partial charge is 0.433 e. The van der Waals surface area contributed by atoms with E-state index in [0.29, 0.717) is 5.92 Å². The standard InChI is InChI=1S/C23H24F3N3O/c24-23(25,26)20-10-7-17(11-28-20)14-1-5-16(6-2-14)22(30)21-19(15-3-4-15)9-8-18-12-27-13-29(18)21/h7-16,22,30H,1-6H2/t14-,16-,22-/m0/s1. The van der Waals surface area contributed by atoms with Gasteiger partial charge in [0.15, 0.2) is 0 Å². The quantitative estimate of drug-likeness (QED) is 0.601. The Labute approximate surface area is 172 Å². The Morgan fingerprint density at radius 1 is 0.933 bits per heavy atom. The molecule has 3 aromatic heterocycles. The van der Waals surface area contributed by atoms with E-state index in [1.54, 1.807) is 18.6 Å². The molecule has 7 heteroatoms. The summed E-state index contributed by atoms with van der Waals surface area (Å²) in [6.45, 7) is 0. The maximum atomic E-state index is 12.7. The summed E-state index contributed by atoms with van der Waals surface area (Å²) in [5.41, 5.74) is 3.18. The minimum absolute atomic E-state index is 0.133. The van der Waals surface area contributed by atoms with Crippen molar-refractivity contribution in [3.8, 4) is 0 Å². The molecule has 4 nitrogen and oxygen atoms in total. The Bertz CT molecular complexity index is 1030. The van der Waals surface area contributed by atoms with Gasteiger partial charge in [0, 0.05) is 6.20 Å². The number of aromatic nitrogens is 3. The highest BCUT2D eigenvalue weighted by atomic mass is 19.4. The minimum Gasteiger partial charge on any atom is -0.387 e. The zero-order valence-electron chi connectivity index (χ0n) is 16.5. The molecule has 2 aliphatic carbocycles. The van der Waals surface area contributed by atoms with Crippen molar-refractivity contribution < 1.29 is 18.3 Å². The molecule has 2 saturated carbocycles. The molecule has 0 aliphatic heterocycles. The molecule has 1 atom stereocenters. The molecule has 0 radical (unpaired) electrons. The van der Waals surface area contributed by atoms with Gasteiger partial charge in [-0.2, -0.15) is 13.2 Å². The van der Waals surface area contributed by atoms with Crippen LogP contribution in [0.4, 0.5) is 13.2 Å². The van der Waals surface area contributed by atoms with E-state index < -0.39 is 18.0 Å². The number of imidazole rings is 1. The fraction of sp³-hybridized carbons (Fsp3) is 0.478. The highest BCUT2D eigenvalue weighted by Crippen LogP contribution is 2.47. The number of hydrogen-bond acceptors (Lipinski definition) is 3. The summed E-state index contributed by atoms with van der Waals surface area (Å²) < 4.78 is 40.3. The molecule has 30 heavy (non-hydrogen) atoms. The van der Waals surface area contributed by atoms with Crippen LogP contribution in [0.2, 0.25) is 0 Å². The zero-order chi connectivity index (χ0) is 20.9. The van der Waals surface area contributed by atoms with Crippen molar-refractivity contribution in [2.24, 2.45) is 5.92 Å². The average molecular weight is 415 g/mol. The van der Waals surface area contributed by atoms with Crippen molar-refractivity contribution in [3.63, 3.8) is 0 Å². The Hall–Kier alpha value is -2.41. The van der Waals surface area contributed by atoms with E-state index >= 15 is 0 Å². The van der Waals surface area contributed by atoms with Gasteiger partial charge < -0.3 is 9.51 Å². The molecule has 5 rings (SSSR count). The van der Waals surface area contributed by atoms with E-state index in [2.05, 4.69) is 22.1 Å². The van der Waals surface area contributed by atoms with E-state index in [-0.39, 0.29) is 11.8 Å². The third-order valence-electron chi connectivity index (χ3n) is 6.72. The molecule has 0 spiro atoms. The van der Waals surface area contributed by atoms with Crippen molar-refractivity contribution in [2.45, 2.75) is 62.6 Å². The SMILES string of the molecule is O[C@H](c1c(C2CC2)ccc2cncn12)[C@H]1CC[C@H](c2ccc(C(F)(F)F)nc2)CC1. The first-order chi connectivity index (χ1) is 14.4. The van der Waals surface area contributed by atoms with Gasteiger partial charge in [0.2, 0.25) is 0 Å². The summed E-state index contributed by atoms with van der Waals surface area (Å²) in [5.74, 6) is 0.848. The number of fused-ring (bicyclic) bond motifs is 1. The van der Waals surface area contributed by atoms with Crippen LogP contribution in [0.15, 0.2) is 43.0 Å². The van der Waals surface area contributed by atoms with Crippen molar-refractivity contribution in [1.82, 2.24) is 14.4 Å². The molecule has 3 heterocycles. The molecule has 3 aromatic rings. The molecular weight excluding hydrogens is 391 g/mol. The number of aliphatic hydroxyl groups excluding tert-OH is 1. The van der Waals surface area contributed by atoms with Crippen LogP contribution >= 0.6 is 0 Å². The predicted molar refractivity (Wildman–Crippen MR) is 106 cm³/mol. The van der Waals surface area contributed by atoms with Crippen LogP contribution in [0, 0.1) is 5.92 Å². The van der Waals surface area contributed by atoms with Crippen LogP contribution in [0.1, 0.15) is 79.0 Å². The zero-order valence-corrected chi connectivity index (χ0v) is 16.5. The van der Waals surface area contributed by atoms with E-state index in [1.165, 1.54) is 11.8 Å². The smallest absolute Gasteiger partial charge is 0.387 e. The molecule has 2 aliphatic rings. The lowest BCUT2D eigenvalue weighted by Gasteiger charge is -2.33. The van der Waals surface area contributed by atoms with Gasteiger partial charge in [0.1, 0.15) is 5.69 Å². The number of halogens is 3. The van der Waals surface area contributed by atoms with Crippen molar-refractivity contribution in [3.05, 3.63) is 65.5 Å². The van der Waals surface area contributed by atoms with Crippen LogP contribution in [-0.4, -0.2) is 19.5 Å². The lowest BCUT2D eigenvalue weighted by Crippen LogP contribution is -2.22. The monoisotopic (exact) mass is 415 g/mol. The number of alkyl halides is 3. The van der Waals surface area contributed by atoms with Crippen LogP contribution in [0.25, 0.3) is 5.52 Å². The first kappa shape index (κ1) is 19.5. The Kier molecular flexibility index (Phi) is 4.81. The lowest BCUT2D eigenvalue weighted by molar-refractivity contribution is -0.141. The first-order valence-corrected chi connectivity index (χ1v) is 10.6. The molecule has 0 unspecified atom stereocenters. The average Bonchev–Trinajstić information content (AvgIpc) is 3.48. The topological polar surface area (TPSA) is 50.4 Å². The molecule has 158 valence electrons. The number of hydrogen-bond donors (Lipinski definition) is 1. The summed E-state index contributed by atoms with van der Waals surface area (Å²) in [5, 5.41) is 11.3. The first-order valence-electron chi connectivity index (χ1n) is 10.6. The number of pyridine rings is 2. The minimum atomic E-state index is -4.41. The fourth-order valence-corrected chi connectivity index (χ4v) is 4.89. The third kappa shape index (κ3) is 3.60. The molecule has 1 N–H and O–H groups in total. The molecule has 0 saturated heterocycles. The van der Waals surface area contributed by atoms with Crippen LogP contribution in [-0.2, 0) is 6.18 Å². The van der Waals surface area contributed by atoms with Gasteiger partial charge in [0.25, 0.3) is 0 Å². The summed E-state index contributed by atoms with van der Waals surface area (Å²) in [7, 11) is 0. The second-order valence-corrected chi connectivity index (χ2v) is 8.67. The summed E-state index contributed by atoms with van der Waals surface area (Å²) in [6, 6.07) is 6.81. The van der Waals surface area contributed by atoms with E-state index in [1.807, 2.05) is 4.40 Å². The van der Waals surface area contributed by atoms with Crippen LogP contribution < -0.4 is 0 Å². The van der Waals surface area contributed by atoms with Crippen molar-refractivity contribution in [2.75, 3.05) is 0 Å². The third-order valence-corrected chi connectivity index (χ3v) is 6.72. The Morgan fingerprint density at radius 2 is 1.67 bits per heavy atom. The summed E-state index contributed by atoms with van der Waals surface area (Å²) >= 11 is 0. The molecule has 0 aromatic carbocycles. The van der Waals surface area contributed by atoms with Gasteiger partial charge in [-0.1, -0.05) is 12.1 Å². The Balaban J connectivity index is 1.32. The van der Waals surface area contributed by atoms with Gasteiger partial charge in [0.05, 0.1) is 29.8 Å². The van der Waals surface area contributed by atoms with Gasteiger partial charge in [-0.05, 0) is 79.5 Å². The predicted octanol–water partition coefficient (Wildman–Crippen LogP) is 5.63. The van der Waals surface area contributed by atoms with E-state index in [4.69, 9.17) is 0 Å². The summed E-state index contributed by atoms with van der Waals surface area (Å²) in [6.07, 6.45) is 5.65. The fourth-order valence-electron chi connectivity index (χ4n) is 4.89. The Morgan fingerprint density at radius 3 is 2.30 bits per heavy atom. The van der Waals surface area contributed by atoms with E-state index in [9.17, 15) is 18.3 Å². The molecule has 0 bridgehead atoms. The summed E-state index contributed by atoms with van der Waals surface area (Å²) in [4.78, 5) is 7.86. The number of rotatable bonds is 4. The van der Waals surface area contributed by atoms with Crippen molar-refractivity contribution >= 4 is 5.52 Å². The van der Waals surface area contributed by atoms with Gasteiger partial charge in [-0.15, -0.1) is 0 Å². The van der Waals surface area contributed by atoms with Gasteiger partial charge in [-0.3, -0.25) is 4.98 Å². The second kappa shape index (κ2) is 7.38. The number of nitrogens with zero attached hydrogens (tertiary/aromatic N) is 3.